The molecule has 8 nitrogen and oxygen atoms in total. The van der Waals surface area contributed by atoms with E-state index < -0.39 is 22.4 Å². The number of methoxy groups -OCH3 is 2. The topological polar surface area (TPSA) is 85.2 Å². The second-order valence-electron chi connectivity index (χ2n) is 6.93. The van der Waals surface area contributed by atoms with Crippen molar-refractivity contribution in [3.8, 4) is 11.5 Å². The molecule has 0 N–H and O–H groups in total. The Morgan fingerprint density at radius 2 is 1.75 bits per heavy atom. The van der Waals surface area contributed by atoms with Crippen LogP contribution < -0.4 is 14.4 Å². The molecule has 1 aliphatic rings. The van der Waals surface area contributed by atoms with Crippen molar-refractivity contribution < 1.29 is 32.4 Å². The van der Waals surface area contributed by atoms with Gasteiger partial charge in [0.15, 0.2) is 11.5 Å². The van der Waals surface area contributed by atoms with Gasteiger partial charge >= 0.3 is 6.18 Å². The maximum absolute atomic E-state index is 12.9. The summed E-state index contributed by atoms with van der Waals surface area (Å²) in [5.41, 5.74) is -1.37. The second kappa shape index (κ2) is 9.11. The van der Waals surface area contributed by atoms with Crippen LogP contribution in [0.3, 0.4) is 0 Å². The minimum atomic E-state index is -4.69. The average Bonchev–Trinajstić information content (AvgIpc) is 2.77. The van der Waals surface area contributed by atoms with Crippen LogP contribution in [0.4, 0.5) is 24.5 Å². The summed E-state index contributed by atoms with van der Waals surface area (Å²) in [5, 5.41) is 11.6. The van der Waals surface area contributed by atoms with E-state index in [4.69, 9.17) is 21.1 Å². The van der Waals surface area contributed by atoms with E-state index >= 15 is 0 Å². The highest BCUT2D eigenvalue weighted by molar-refractivity contribution is 6.32. The number of anilines is 1. The molecular formula is C20H19ClF3N3O5. The Hall–Kier alpha value is -3.21. The van der Waals surface area contributed by atoms with Gasteiger partial charge in [0.2, 0.25) is 0 Å². The van der Waals surface area contributed by atoms with Crippen LogP contribution in [0.25, 0.3) is 0 Å². The number of nitrogens with zero attached hydrogens (tertiary/aromatic N) is 3. The van der Waals surface area contributed by atoms with Crippen LogP contribution in [0, 0.1) is 10.1 Å². The molecule has 1 saturated heterocycles. The smallest absolute Gasteiger partial charge is 0.416 e. The van der Waals surface area contributed by atoms with Gasteiger partial charge in [-0.05, 0) is 24.3 Å². The minimum Gasteiger partial charge on any atom is -0.493 e. The van der Waals surface area contributed by atoms with Gasteiger partial charge < -0.3 is 19.3 Å². The quantitative estimate of drug-likeness (QED) is 0.477. The first-order chi connectivity index (χ1) is 15.1. The number of nitro groups is 1. The van der Waals surface area contributed by atoms with Gasteiger partial charge in [0.25, 0.3) is 11.6 Å². The van der Waals surface area contributed by atoms with Crippen molar-refractivity contribution in [3.63, 3.8) is 0 Å². The van der Waals surface area contributed by atoms with Gasteiger partial charge in [-0.15, -0.1) is 0 Å². The normalized spacial score (nSPS) is 14.3. The molecule has 0 atom stereocenters. The summed E-state index contributed by atoms with van der Waals surface area (Å²) in [4.78, 5) is 26.5. The standard InChI is InChI=1S/C20H19ClF3N3O5/c1-31-17-10-12(9-14(21)18(17)32-2)19(28)26-7-5-25(6-8-26)15-4-3-13(20(22,23)24)11-16(15)27(29)30/h3-4,9-11H,5-8H2,1-2H3. The zero-order valence-corrected chi connectivity index (χ0v) is 17.9. The number of ether oxygens (including phenoxy) is 2. The van der Waals surface area contributed by atoms with E-state index in [1.807, 2.05) is 0 Å². The largest absolute Gasteiger partial charge is 0.493 e. The number of rotatable bonds is 5. The van der Waals surface area contributed by atoms with Gasteiger partial charge in [0, 0.05) is 37.8 Å². The van der Waals surface area contributed by atoms with Crippen LogP contribution in [-0.4, -0.2) is 56.1 Å². The summed E-state index contributed by atoms with van der Waals surface area (Å²) < 4.78 is 49.2. The first kappa shape index (κ1) is 23.5. The number of carbonyl (C=O) groups excluding carboxylic acids is 1. The fourth-order valence-electron chi connectivity index (χ4n) is 3.49. The third-order valence-electron chi connectivity index (χ3n) is 5.09. The highest BCUT2D eigenvalue weighted by atomic mass is 35.5. The maximum Gasteiger partial charge on any atom is 0.416 e. The number of amides is 1. The molecule has 172 valence electrons. The lowest BCUT2D eigenvalue weighted by Crippen LogP contribution is -2.49. The summed E-state index contributed by atoms with van der Waals surface area (Å²) in [6.45, 7) is 0.837. The number of carbonyl (C=O) groups is 1. The zero-order chi connectivity index (χ0) is 23.6. The number of alkyl halides is 3. The highest BCUT2D eigenvalue weighted by Crippen LogP contribution is 2.38. The van der Waals surface area contributed by atoms with Crippen LogP contribution in [0.15, 0.2) is 30.3 Å². The van der Waals surface area contributed by atoms with E-state index in [9.17, 15) is 28.1 Å². The summed E-state index contributed by atoms with van der Waals surface area (Å²) in [6, 6.07) is 5.38. The van der Waals surface area contributed by atoms with Crippen LogP contribution in [0.2, 0.25) is 5.02 Å². The lowest BCUT2D eigenvalue weighted by atomic mass is 10.1. The number of piperazine rings is 1. The predicted molar refractivity (Wildman–Crippen MR) is 111 cm³/mol. The fraction of sp³-hybridized carbons (Fsp3) is 0.350. The maximum atomic E-state index is 12.9. The number of benzene rings is 2. The predicted octanol–water partition coefficient (Wildman–Crippen LogP) is 4.25. The molecule has 0 spiro atoms. The van der Waals surface area contributed by atoms with Gasteiger partial charge in [-0.25, -0.2) is 0 Å². The van der Waals surface area contributed by atoms with E-state index in [2.05, 4.69) is 0 Å². The monoisotopic (exact) mass is 473 g/mol. The SMILES string of the molecule is COc1cc(C(=O)N2CCN(c3ccc(C(F)(F)F)cc3[N+](=O)[O-])CC2)cc(Cl)c1OC. The molecule has 0 unspecified atom stereocenters. The molecule has 1 amide bonds. The second-order valence-corrected chi connectivity index (χ2v) is 7.34. The Bertz CT molecular complexity index is 1040. The van der Waals surface area contributed by atoms with Crippen LogP contribution >= 0.6 is 11.6 Å². The third kappa shape index (κ3) is 4.67. The van der Waals surface area contributed by atoms with Gasteiger partial charge in [0.1, 0.15) is 5.69 Å². The molecule has 1 heterocycles. The Morgan fingerprint density at radius 1 is 1.09 bits per heavy atom. The lowest BCUT2D eigenvalue weighted by molar-refractivity contribution is -0.384. The van der Waals surface area contributed by atoms with Crippen molar-refractivity contribution in [2.75, 3.05) is 45.3 Å². The van der Waals surface area contributed by atoms with Crippen molar-refractivity contribution >= 4 is 28.9 Å². The number of hydrogen-bond donors (Lipinski definition) is 0. The zero-order valence-electron chi connectivity index (χ0n) is 17.1. The molecule has 0 aliphatic carbocycles. The van der Waals surface area contributed by atoms with Crippen LogP contribution in [-0.2, 0) is 6.18 Å². The molecule has 1 aliphatic heterocycles. The van der Waals surface area contributed by atoms with Gasteiger partial charge in [0.05, 0.1) is 29.7 Å². The molecule has 0 radical (unpaired) electrons. The molecule has 2 aromatic carbocycles. The molecule has 0 saturated carbocycles. The summed E-state index contributed by atoms with van der Waals surface area (Å²) in [7, 11) is 2.84. The van der Waals surface area contributed by atoms with E-state index in [0.29, 0.717) is 17.6 Å². The Kier molecular flexibility index (Phi) is 6.68. The van der Waals surface area contributed by atoms with E-state index in [1.54, 1.807) is 4.90 Å². The van der Waals surface area contributed by atoms with Crippen molar-refractivity contribution in [1.29, 1.82) is 0 Å². The van der Waals surface area contributed by atoms with Crippen molar-refractivity contribution in [2.45, 2.75) is 6.18 Å². The van der Waals surface area contributed by atoms with Crippen molar-refractivity contribution in [1.82, 2.24) is 4.90 Å². The van der Waals surface area contributed by atoms with Crippen molar-refractivity contribution in [2.24, 2.45) is 0 Å². The van der Waals surface area contributed by atoms with Crippen molar-refractivity contribution in [3.05, 3.63) is 56.6 Å². The first-order valence-electron chi connectivity index (χ1n) is 9.38. The molecule has 1 fully saturated rings. The summed E-state index contributed by atoms with van der Waals surface area (Å²) in [5.74, 6) is 0.266. The highest BCUT2D eigenvalue weighted by Gasteiger charge is 2.34. The van der Waals surface area contributed by atoms with Crippen LogP contribution in [0.1, 0.15) is 15.9 Å². The number of nitro benzene ring substituents is 1. The molecule has 12 heteroatoms. The molecule has 0 bridgehead atoms. The molecule has 32 heavy (non-hydrogen) atoms. The fourth-order valence-corrected chi connectivity index (χ4v) is 3.78. The Morgan fingerprint density at radius 3 is 2.28 bits per heavy atom. The molecule has 3 rings (SSSR count). The molecular weight excluding hydrogens is 455 g/mol. The van der Waals surface area contributed by atoms with E-state index in [0.717, 1.165) is 12.1 Å². The van der Waals surface area contributed by atoms with Crippen LogP contribution in [0.5, 0.6) is 11.5 Å². The Labute approximate surface area is 186 Å². The summed E-state index contributed by atoms with van der Waals surface area (Å²) in [6.07, 6.45) is -4.69. The van der Waals surface area contributed by atoms with Gasteiger partial charge in [-0.1, -0.05) is 11.6 Å². The minimum absolute atomic E-state index is 0.0734. The lowest BCUT2D eigenvalue weighted by Gasteiger charge is -2.36. The van der Waals surface area contributed by atoms with E-state index in [-0.39, 0.29) is 48.4 Å². The first-order valence-corrected chi connectivity index (χ1v) is 9.76. The number of hydrogen-bond acceptors (Lipinski definition) is 6. The van der Waals surface area contributed by atoms with E-state index in [1.165, 1.54) is 31.3 Å². The van der Waals surface area contributed by atoms with Gasteiger partial charge in [-0.2, -0.15) is 13.2 Å². The molecule has 2 aromatic rings. The van der Waals surface area contributed by atoms with Gasteiger partial charge in [-0.3, -0.25) is 14.9 Å². The Balaban J connectivity index is 1.78. The summed E-state index contributed by atoms with van der Waals surface area (Å²) >= 11 is 6.16. The number of halogens is 4. The molecule has 0 aromatic heterocycles. The average molecular weight is 474 g/mol. The third-order valence-corrected chi connectivity index (χ3v) is 5.37.